The van der Waals surface area contributed by atoms with Gasteiger partial charge in [0.2, 0.25) is 0 Å². The second-order valence-electron chi connectivity index (χ2n) is 4.91. The molecule has 1 aromatic heterocycles. The van der Waals surface area contributed by atoms with Gasteiger partial charge in [0.05, 0.1) is 18.0 Å². The van der Waals surface area contributed by atoms with Gasteiger partial charge in [0.15, 0.2) is 11.5 Å². The molecule has 0 spiro atoms. The highest BCUT2D eigenvalue weighted by molar-refractivity contribution is 9.10. The Bertz CT molecular complexity index is 1010. The highest BCUT2D eigenvalue weighted by Crippen LogP contribution is 2.37. The average molecular weight is 385 g/mol. The number of rotatable bonds is 4. The second-order valence-corrected chi connectivity index (χ2v) is 5.76. The number of hydrogen-bond donors (Lipinski definition) is 1. The zero-order valence-electron chi connectivity index (χ0n) is 12.8. The first kappa shape index (κ1) is 16.1. The minimum absolute atomic E-state index is 0.132. The molecule has 0 unspecified atom stereocenters. The highest BCUT2D eigenvalue weighted by atomic mass is 79.9. The Hall–Kier alpha value is -2.78. The van der Waals surface area contributed by atoms with Crippen molar-refractivity contribution in [2.24, 2.45) is 0 Å². The predicted molar refractivity (Wildman–Crippen MR) is 96.4 cm³/mol. The van der Waals surface area contributed by atoms with Crippen molar-refractivity contribution in [1.29, 1.82) is 0 Å². The molecule has 0 amide bonds. The molecule has 1 heterocycles. The summed E-state index contributed by atoms with van der Waals surface area (Å²) < 4.78 is 11.5. The molecule has 24 heavy (non-hydrogen) atoms. The fourth-order valence-electron chi connectivity index (χ4n) is 2.32. The van der Waals surface area contributed by atoms with E-state index in [4.69, 9.17) is 15.9 Å². The zero-order valence-corrected chi connectivity index (χ0v) is 14.4. The molecular formula is C18H13BrN2O3. The summed E-state index contributed by atoms with van der Waals surface area (Å²) in [5.41, 5.74) is 1.10. The van der Waals surface area contributed by atoms with Crippen LogP contribution in [0.1, 0.15) is 0 Å². The molecule has 0 fully saturated rings. The molecule has 6 heteroatoms. The normalized spacial score (nSPS) is 10.4. The molecular weight excluding hydrogens is 372 g/mol. The summed E-state index contributed by atoms with van der Waals surface area (Å²) in [6.07, 6.45) is 5.22. The molecule has 3 rings (SSSR count). The van der Waals surface area contributed by atoms with Crippen LogP contribution in [0.15, 0.2) is 45.7 Å². The topological polar surface area (TPSA) is 64.2 Å². The number of nitrogens with zero attached hydrogens (tertiary/aromatic N) is 1. The van der Waals surface area contributed by atoms with E-state index >= 15 is 0 Å². The number of methoxy groups -OCH3 is 1. The Morgan fingerprint density at radius 3 is 2.83 bits per heavy atom. The van der Waals surface area contributed by atoms with Crippen molar-refractivity contribution in [3.63, 3.8) is 0 Å². The van der Waals surface area contributed by atoms with Gasteiger partial charge in [0.1, 0.15) is 12.4 Å². The van der Waals surface area contributed by atoms with E-state index in [0.29, 0.717) is 38.3 Å². The van der Waals surface area contributed by atoms with Crippen LogP contribution in [0.4, 0.5) is 0 Å². The standard InChI is InChI=1S/C18H13BrN2O3/c1-3-8-24-16-10-13(19)12(9-15(16)23-2)17-20-14-7-5-4-6-11(14)18(22)21-17/h1,4-7,9-10H,8H2,2H3,(H,20,21,22). The first-order chi connectivity index (χ1) is 11.6. The van der Waals surface area contributed by atoms with Gasteiger partial charge in [-0.25, -0.2) is 4.98 Å². The van der Waals surface area contributed by atoms with Crippen LogP contribution in [0.3, 0.4) is 0 Å². The number of terminal acetylenes is 1. The fourth-order valence-corrected chi connectivity index (χ4v) is 2.83. The van der Waals surface area contributed by atoms with E-state index in [1.165, 1.54) is 7.11 Å². The van der Waals surface area contributed by atoms with Crippen molar-refractivity contribution in [3.05, 3.63) is 51.2 Å². The van der Waals surface area contributed by atoms with E-state index in [-0.39, 0.29) is 12.2 Å². The molecule has 0 saturated carbocycles. The number of halogens is 1. The molecule has 120 valence electrons. The zero-order chi connectivity index (χ0) is 17.1. The summed E-state index contributed by atoms with van der Waals surface area (Å²) >= 11 is 3.48. The van der Waals surface area contributed by atoms with Crippen LogP contribution >= 0.6 is 15.9 Å². The summed E-state index contributed by atoms with van der Waals surface area (Å²) in [7, 11) is 1.53. The highest BCUT2D eigenvalue weighted by Gasteiger charge is 2.14. The third-order valence-electron chi connectivity index (χ3n) is 3.43. The Morgan fingerprint density at radius 1 is 1.29 bits per heavy atom. The van der Waals surface area contributed by atoms with Gasteiger partial charge in [-0.1, -0.05) is 18.1 Å². The fraction of sp³-hybridized carbons (Fsp3) is 0.111. The second kappa shape index (κ2) is 6.77. The van der Waals surface area contributed by atoms with Gasteiger partial charge in [-0.2, -0.15) is 0 Å². The van der Waals surface area contributed by atoms with Crippen LogP contribution in [0.2, 0.25) is 0 Å². The van der Waals surface area contributed by atoms with Crippen LogP contribution in [0.5, 0.6) is 11.5 Å². The predicted octanol–water partition coefficient (Wildman–Crippen LogP) is 3.37. The Labute approximate surface area is 146 Å². The summed E-state index contributed by atoms with van der Waals surface area (Å²) in [5.74, 6) is 3.85. The van der Waals surface area contributed by atoms with Crippen LogP contribution < -0.4 is 15.0 Å². The van der Waals surface area contributed by atoms with Crippen molar-refractivity contribution >= 4 is 26.8 Å². The number of aromatic amines is 1. The van der Waals surface area contributed by atoms with Gasteiger partial charge in [0, 0.05) is 10.0 Å². The summed E-state index contributed by atoms with van der Waals surface area (Å²) in [5, 5.41) is 0.540. The number of benzene rings is 2. The number of hydrogen-bond acceptors (Lipinski definition) is 4. The molecule has 2 aromatic carbocycles. The molecule has 0 aliphatic carbocycles. The smallest absolute Gasteiger partial charge is 0.259 e. The van der Waals surface area contributed by atoms with E-state index in [2.05, 4.69) is 31.8 Å². The van der Waals surface area contributed by atoms with Crippen molar-refractivity contribution < 1.29 is 9.47 Å². The summed E-state index contributed by atoms with van der Waals surface area (Å²) in [4.78, 5) is 19.6. The van der Waals surface area contributed by atoms with Gasteiger partial charge in [0.25, 0.3) is 5.56 Å². The maximum absolute atomic E-state index is 12.3. The van der Waals surface area contributed by atoms with E-state index in [1.54, 1.807) is 30.3 Å². The van der Waals surface area contributed by atoms with Gasteiger partial charge >= 0.3 is 0 Å². The van der Waals surface area contributed by atoms with E-state index in [9.17, 15) is 4.79 Å². The van der Waals surface area contributed by atoms with Crippen LogP contribution in [0, 0.1) is 12.3 Å². The van der Waals surface area contributed by atoms with E-state index in [0.717, 1.165) is 0 Å². The molecule has 0 aliphatic rings. The Kier molecular flexibility index (Phi) is 4.54. The van der Waals surface area contributed by atoms with Gasteiger partial charge in [-0.15, -0.1) is 6.42 Å². The van der Waals surface area contributed by atoms with Crippen LogP contribution in [-0.4, -0.2) is 23.7 Å². The first-order valence-corrected chi connectivity index (χ1v) is 7.86. The van der Waals surface area contributed by atoms with Crippen molar-refractivity contribution in [2.75, 3.05) is 13.7 Å². The van der Waals surface area contributed by atoms with Gasteiger partial charge in [-0.05, 0) is 40.2 Å². The largest absolute Gasteiger partial charge is 0.493 e. The maximum Gasteiger partial charge on any atom is 0.259 e. The minimum atomic E-state index is -0.200. The number of fused-ring (bicyclic) bond motifs is 1. The third-order valence-corrected chi connectivity index (χ3v) is 4.09. The quantitative estimate of drug-likeness (QED) is 0.700. The molecule has 0 bridgehead atoms. The molecule has 0 atom stereocenters. The van der Waals surface area contributed by atoms with Gasteiger partial charge in [-0.3, -0.25) is 4.79 Å². The number of H-pyrrole nitrogens is 1. The monoisotopic (exact) mass is 384 g/mol. The Balaban J connectivity index is 2.16. The lowest BCUT2D eigenvalue weighted by molar-refractivity contribution is 0.331. The van der Waals surface area contributed by atoms with Gasteiger partial charge < -0.3 is 14.5 Å². The summed E-state index contributed by atoms with van der Waals surface area (Å²) in [6, 6.07) is 10.6. The average Bonchev–Trinajstić information content (AvgIpc) is 2.60. The SMILES string of the molecule is C#CCOc1cc(Br)c(-c2nc3ccccc3c(=O)[nH]2)cc1OC. The molecule has 0 aliphatic heterocycles. The lowest BCUT2D eigenvalue weighted by Gasteiger charge is -2.12. The lowest BCUT2D eigenvalue weighted by Crippen LogP contribution is -2.09. The number of para-hydroxylation sites is 1. The van der Waals surface area contributed by atoms with Crippen molar-refractivity contribution in [2.45, 2.75) is 0 Å². The lowest BCUT2D eigenvalue weighted by atomic mass is 10.1. The molecule has 5 nitrogen and oxygen atoms in total. The number of nitrogens with one attached hydrogen (secondary N) is 1. The van der Waals surface area contributed by atoms with Crippen molar-refractivity contribution in [1.82, 2.24) is 9.97 Å². The van der Waals surface area contributed by atoms with Crippen LogP contribution in [0.25, 0.3) is 22.3 Å². The third kappa shape index (κ3) is 2.99. The molecule has 3 aromatic rings. The maximum atomic E-state index is 12.3. The molecule has 1 N–H and O–H groups in total. The summed E-state index contributed by atoms with van der Waals surface area (Å²) in [6.45, 7) is 0.132. The van der Waals surface area contributed by atoms with Crippen molar-refractivity contribution in [3.8, 4) is 35.2 Å². The first-order valence-electron chi connectivity index (χ1n) is 7.07. The Morgan fingerprint density at radius 2 is 2.08 bits per heavy atom. The molecule has 0 saturated heterocycles. The van der Waals surface area contributed by atoms with E-state index < -0.39 is 0 Å². The number of ether oxygens (including phenoxy) is 2. The number of aromatic nitrogens is 2. The minimum Gasteiger partial charge on any atom is -0.493 e. The van der Waals surface area contributed by atoms with Crippen LogP contribution in [-0.2, 0) is 0 Å². The van der Waals surface area contributed by atoms with E-state index in [1.807, 2.05) is 6.07 Å². The molecule has 0 radical (unpaired) electrons.